The molecule has 0 saturated carbocycles. The van der Waals surface area contributed by atoms with Gasteiger partial charge in [-0.15, -0.1) is 44.8 Å². The fourth-order valence-electron chi connectivity index (χ4n) is 0.327. The van der Waals surface area contributed by atoms with Crippen molar-refractivity contribution < 1.29 is 0 Å². The Balaban J connectivity index is 3.59. The third kappa shape index (κ3) is 4.74. The molecule has 0 fully saturated rings. The van der Waals surface area contributed by atoms with Crippen LogP contribution in [-0.2, 0) is 0 Å². The van der Waals surface area contributed by atoms with Gasteiger partial charge in [0.2, 0.25) is 0 Å². The van der Waals surface area contributed by atoms with E-state index in [0.29, 0.717) is 5.88 Å². The standard InChI is InChI=1S/C4H8Cl4Si/c1-4(2-3-5)9(6,7)8/h4H,2-3H2,1H3. The minimum absolute atomic E-state index is 0.167. The highest BCUT2D eigenvalue weighted by Gasteiger charge is 2.32. The van der Waals surface area contributed by atoms with Crippen molar-refractivity contribution in [1.82, 2.24) is 0 Å². The summed E-state index contributed by atoms with van der Waals surface area (Å²) in [5.74, 6) is 0.572. The Kier molecular flexibility index (Phi) is 4.95. The molecule has 1 atom stereocenters. The molecule has 1 unspecified atom stereocenters. The highest BCUT2D eigenvalue weighted by Crippen LogP contribution is 2.35. The van der Waals surface area contributed by atoms with Crippen LogP contribution in [0.15, 0.2) is 0 Å². The van der Waals surface area contributed by atoms with E-state index in [1.54, 1.807) is 0 Å². The zero-order chi connectivity index (χ0) is 7.49. The SMILES string of the molecule is CC(CCCl)[Si](Cl)(Cl)Cl. The summed E-state index contributed by atoms with van der Waals surface area (Å²) in [4.78, 5) is 0. The topological polar surface area (TPSA) is 0 Å². The summed E-state index contributed by atoms with van der Waals surface area (Å²) >= 11 is 22.5. The van der Waals surface area contributed by atoms with Gasteiger partial charge in [-0.25, -0.2) is 0 Å². The predicted molar refractivity (Wildman–Crippen MR) is 48.1 cm³/mol. The lowest BCUT2D eigenvalue weighted by Gasteiger charge is -2.14. The van der Waals surface area contributed by atoms with Crippen LogP contribution in [0.1, 0.15) is 13.3 Å². The van der Waals surface area contributed by atoms with Gasteiger partial charge in [-0.3, -0.25) is 0 Å². The lowest BCUT2D eigenvalue weighted by Crippen LogP contribution is -2.17. The largest absolute Gasteiger partial charge is 0.344 e. The van der Waals surface area contributed by atoms with Crippen molar-refractivity contribution in [2.24, 2.45) is 0 Å². The van der Waals surface area contributed by atoms with Gasteiger partial charge in [-0.2, -0.15) is 0 Å². The lowest BCUT2D eigenvalue weighted by molar-refractivity contribution is 0.876. The van der Waals surface area contributed by atoms with Crippen LogP contribution < -0.4 is 0 Å². The molecule has 56 valence electrons. The molecule has 0 bridgehead atoms. The quantitative estimate of drug-likeness (QED) is 0.391. The van der Waals surface area contributed by atoms with E-state index in [1.165, 1.54) is 0 Å². The molecule has 0 N–H and O–H groups in total. The van der Waals surface area contributed by atoms with E-state index in [-0.39, 0.29) is 5.54 Å². The lowest BCUT2D eigenvalue weighted by atomic mass is 10.4. The Labute approximate surface area is 75.5 Å². The summed E-state index contributed by atoms with van der Waals surface area (Å²) in [6, 6.07) is -2.45. The number of alkyl halides is 1. The molecule has 9 heavy (non-hydrogen) atoms. The second-order valence-electron chi connectivity index (χ2n) is 1.92. The molecule has 0 aliphatic carbocycles. The molecule has 0 rings (SSSR count). The van der Waals surface area contributed by atoms with Gasteiger partial charge in [0.15, 0.2) is 0 Å². The van der Waals surface area contributed by atoms with Crippen molar-refractivity contribution in [3.63, 3.8) is 0 Å². The van der Waals surface area contributed by atoms with Crippen LogP contribution >= 0.6 is 44.8 Å². The van der Waals surface area contributed by atoms with E-state index in [0.717, 1.165) is 6.42 Å². The smallest absolute Gasteiger partial charge is 0.127 e. The van der Waals surface area contributed by atoms with E-state index in [9.17, 15) is 0 Å². The Morgan fingerprint density at radius 3 is 1.89 bits per heavy atom. The van der Waals surface area contributed by atoms with E-state index >= 15 is 0 Å². The molecule has 5 heteroatoms. The third-order valence-electron chi connectivity index (χ3n) is 1.10. The second kappa shape index (κ2) is 4.30. The van der Waals surface area contributed by atoms with E-state index in [4.69, 9.17) is 44.8 Å². The molecule has 0 saturated heterocycles. The van der Waals surface area contributed by atoms with E-state index < -0.39 is 6.00 Å². The van der Waals surface area contributed by atoms with Gasteiger partial charge in [-0.05, 0) is 12.0 Å². The Morgan fingerprint density at radius 2 is 1.78 bits per heavy atom. The van der Waals surface area contributed by atoms with Crippen molar-refractivity contribution in [2.75, 3.05) is 5.88 Å². The first-order chi connectivity index (χ1) is 3.98. The first-order valence-electron chi connectivity index (χ1n) is 2.61. The highest BCUT2D eigenvalue weighted by molar-refractivity contribution is 7.65. The van der Waals surface area contributed by atoms with E-state index in [1.807, 2.05) is 6.92 Å². The second-order valence-corrected chi connectivity index (χ2v) is 11.5. The Hall–Kier alpha value is 1.38. The van der Waals surface area contributed by atoms with Crippen molar-refractivity contribution in [1.29, 1.82) is 0 Å². The molecule has 0 aliphatic rings. The van der Waals surface area contributed by atoms with Gasteiger partial charge in [0.1, 0.15) is 0 Å². The summed E-state index contributed by atoms with van der Waals surface area (Å²) in [6.07, 6.45) is 0.796. The maximum absolute atomic E-state index is 5.67. The zero-order valence-electron chi connectivity index (χ0n) is 5.00. The van der Waals surface area contributed by atoms with Crippen LogP contribution in [0, 0.1) is 0 Å². The summed E-state index contributed by atoms with van der Waals surface area (Å²) in [7, 11) is 0. The van der Waals surface area contributed by atoms with Gasteiger partial charge in [0.25, 0.3) is 0 Å². The average molecular weight is 226 g/mol. The summed E-state index contributed by atoms with van der Waals surface area (Å²) in [5.41, 5.74) is 0.167. The average Bonchev–Trinajstić information content (AvgIpc) is 1.64. The molecule has 0 spiro atoms. The number of rotatable bonds is 3. The fourth-order valence-corrected chi connectivity index (χ4v) is 2.29. The molecule has 0 amide bonds. The summed E-state index contributed by atoms with van der Waals surface area (Å²) in [6.45, 7) is 1.92. The van der Waals surface area contributed by atoms with Crippen LogP contribution in [0.3, 0.4) is 0 Å². The third-order valence-corrected chi connectivity index (χ3v) is 6.08. The van der Waals surface area contributed by atoms with Crippen LogP contribution in [0.4, 0.5) is 0 Å². The predicted octanol–water partition coefficient (Wildman–Crippen LogP) is 3.66. The van der Waals surface area contributed by atoms with Crippen molar-refractivity contribution in [3.8, 4) is 0 Å². The van der Waals surface area contributed by atoms with E-state index in [2.05, 4.69) is 0 Å². The number of hydrogen-bond donors (Lipinski definition) is 0. The van der Waals surface area contributed by atoms with Gasteiger partial charge in [0, 0.05) is 5.88 Å². The fraction of sp³-hybridized carbons (Fsp3) is 1.00. The Morgan fingerprint density at radius 1 is 1.33 bits per heavy atom. The molecule has 0 aromatic carbocycles. The van der Waals surface area contributed by atoms with Crippen LogP contribution in [0.25, 0.3) is 0 Å². The maximum Gasteiger partial charge on any atom is 0.344 e. The zero-order valence-corrected chi connectivity index (χ0v) is 9.03. The maximum atomic E-state index is 5.67. The first-order valence-corrected chi connectivity index (χ1v) is 8.26. The molecule has 0 aromatic rings. The van der Waals surface area contributed by atoms with Gasteiger partial charge < -0.3 is 0 Å². The minimum atomic E-state index is -2.45. The molecule has 0 aliphatic heterocycles. The normalized spacial score (nSPS) is 15.7. The summed E-state index contributed by atoms with van der Waals surface area (Å²) < 4.78 is 0. The van der Waals surface area contributed by atoms with Crippen LogP contribution in [0.5, 0.6) is 0 Å². The minimum Gasteiger partial charge on any atom is -0.127 e. The number of halogens is 4. The summed E-state index contributed by atoms with van der Waals surface area (Å²) in [5, 5.41) is 0. The molecule has 0 radical (unpaired) electrons. The van der Waals surface area contributed by atoms with Crippen molar-refractivity contribution in [2.45, 2.75) is 18.9 Å². The molecule has 0 heterocycles. The molecular weight excluding hydrogens is 218 g/mol. The van der Waals surface area contributed by atoms with Crippen molar-refractivity contribution in [3.05, 3.63) is 0 Å². The first kappa shape index (κ1) is 10.4. The van der Waals surface area contributed by atoms with Crippen LogP contribution in [0.2, 0.25) is 5.54 Å². The number of hydrogen-bond acceptors (Lipinski definition) is 0. The van der Waals surface area contributed by atoms with Crippen molar-refractivity contribution >= 4 is 50.8 Å². The monoisotopic (exact) mass is 224 g/mol. The van der Waals surface area contributed by atoms with Gasteiger partial charge in [0.05, 0.1) is 0 Å². The Bertz CT molecular complexity index is 79.1. The van der Waals surface area contributed by atoms with Gasteiger partial charge >= 0.3 is 6.00 Å². The van der Waals surface area contributed by atoms with Gasteiger partial charge in [-0.1, -0.05) is 6.92 Å². The van der Waals surface area contributed by atoms with Crippen LogP contribution in [-0.4, -0.2) is 11.9 Å². The molecular formula is C4H8Cl4Si. The molecule has 0 aromatic heterocycles. The molecule has 0 nitrogen and oxygen atoms in total. The highest BCUT2D eigenvalue weighted by atomic mass is 35.8.